The quantitative estimate of drug-likeness (QED) is 0.187. The van der Waals surface area contributed by atoms with Crippen molar-refractivity contribution in [2.45, 2.75) is 0 Å². The third-order valence-electron chi connectivity index (χ3n) is 4.51. The minimum absolute atomic E-state index is 0.0506. The largest absolute Gasteiger partial charge is 0.452 e. The fourth-order valence-corrected chi connectivity index (χ4v) is 3.74. The van der Waals surface area contributed by atoms with Gasteiger partial charge < -0.3 is 4.74 Å². The molecule has 0 aliphatic carbocycles. The number of rotatable bonds is 7. The van der Waals surface area contributed by atoms with Gasteiger partial charge in [-0.3, -0.25) is 25.2 Å². The highest BCUT2D eigenvalue weighted by atomic mass is 32.1. The zero-order chi connectivity index (χ0) is 23.2. The Balaban J connectivity index is 1.32. The first kappa shape index (κ1) is 21.8. The van der Waals surface area contributed by atoms with E-state index in [4.69, 9.17) is 4.74 Å². The average molecular weight is 460 g/mol. The number of ether oxygens (including phenoxy) is 1. The molecule has 0 saturated heterocycles. The highest BCUT2D eigenvalue weighted by Gasteiger charge is 2.12. The van der Waals surface area contributed by atoms with E-state index in [1.165, 1.54) is 18.2 Å². The van der Waals surface area contributed by atoms with Gasteiger partial charge in [0.1, 0.15) is 0 Å². The summed E-state index contributed by atoms with van der Waals surface area (Å²) in [4.78, 5) is 43.1. The summed E-state index contributed by atoms with van der Waals surface area (Å²) in [5, 5.41) is 16.4. The summed E-state index contributed by atoms with van der Waals surface area (Å²) >= 11 is 1.16. The normalized spacial score (nSPS) is 10.9. The molecule has 2 aromatic heterocycles. The molecule has 4 rings (SSSR count). The molecule has 0 unspecified atom stereocenters. The maximum Gasteiger partial charge on any atom is 0.331 e. The number of hydrogen-bond acceptors (Lipinski definition) is 8. The van der Waals surface area contributed by atoms with Gasteiger partial charge >= 0.3 is 5.97 Å². The molecule has 1 amide bonds. The summed E-state index contributed by atoms with van der Waals surface area (Å²) in [5.41, 5.74) is 2.50. The van der Waals surface area contributed by atoms with Crippen LogP contribution >= 0.6 is 11.3 Å². The number of non-ortho nitro benzene ring substituents is 1. The number of nitrogens with one attached hydrogen (secondary N) is 1. The molecule has 0 saturated carbocycles. The predicted octanol–water partition coefficient (Wildman–Crippen LogP) is 4.46. The molecule has 4 aromatic rings. The average Bonchev–Trinajstić information content (AvgIpc) is 3.30. The molecule has 33 heavy (non-hydrogen) atoms. The van der Waals surface area contributed by atoms with Gasteiger partial charge in [-0.15, -0.1) is 11.3 Å². The third kappa shape index (κ3) is 5.43. The van der Waals surface area contributed by atoms with Crippen molar-refractivity contribution in [1.29, 1.82) is 0 Å². The molecule has 0 atom stereocenters. The first-order chi connectivity index (χ1) is 16.0. The molecule has 2 aromatic carbocycles. The van der Waals surface area contributed by atoms with Crippen LogP contribution in [0.5, 0.6) is 0 Å². The first-order valence-electron chi connectivity index (χ1n) is 9.68. The zero-order valence-corrected chi connectivity index (χ0v) is 17.8. The number of amides is 1. The van der Waals surface area contributed by atoms with E-state index in [9.17, 15) is 19.7 Å². The highest BCUT2D eigenvalue weighted by molar-refractivity contribution is 7.14. The molecule has 0 aliphatic heterocycles. The van der Waals surface area contributed by atoms with Gasteiger partial charge in [0.05, 0.1) is 16.1 Å². The van der Waals surface area contributed by atoms with Crippen LogP contribution in [-0.4, -0.2) is 33.4 Å². The number of hydrogen-bond donors (Lipinski definition) is 1. The van der Waals surface area contributed by atoms with Crippen molar-refractivity contribution in [3.63, 3.8) is 0 Å². The summed E-state index contributed by atoms with van der Waals surface area (Å²) < 4.78 is 4.99. The molecular weight excluding hydrogens is 444 g/mol. The van der Waals surface area contributed by atoms with Crippen LogP contribution in [0.25, 0.3) is 28.2 Å². The van der Waals surface area contributed by atoms with E-state index in [0.29, 0.717) is 11.3 Å². The number of aromatic nitrogens is 2. The van der Waals surface area contributed by atoms with Crippen LogP contribution in [0.3, 0.4) is 0 Å². The molecule has 0 aliphatic rings. The van der Waals surface area contributed by atoms with Crippen LogP contribution in [-0.2, 0) is 14.3 Å². The number of para-hydroxylation sites is 1. The van der Waals surface area contributed by atoms with Crippen LogP contribution in [0.4, 0.5) is 10.8 Å². The number of anilines is 1. The number of esters is 1. The van der Waals surface area contributed by atoms with E-state index < -0.39 is 23.4 Å². The summed E-state index contributed by atoms with van der Waals surface area (Å²) in [6.07, 6.45) is 4.49. The number of fused-ring (bicyclic) bond motifs is 1. The molecule has 0 spiro atoms. The van der Waals surface area contributed by atoms with Crippen LogP contribution in [0.15, 0.2) is 72.3 Å². The number of thiazole rings is 1. The molecule has 0 bridgehead atoms. The van der Waals surface area contributed by atoms with E-state index in [-0.39, 0.29) is 10.8 Å². The Bertz CT molecular complexity index is 1380. The second-order valence-corrected chi connectivity index (χ2v) is 7.62. The molecule has 1 N–H and O–H groups in total. The molecule has 10 heteroatoms. The minimum atomic E-state index is -0.672. The number of nitro benzene ring substituents is 1. The molecule has 0 radical (unpaired) electrons. The Morgan fingerprint density at radius 2 is 1.97 bits per heavy atom. The zero-order valence-electron chi connectivity index (χ0n) is 17.0. The van der Waals surface area contributed by atoms with Gasteiger partial charge in [-0.1, -0.05) is 36.4 Å². The van der Waals surface area contributed by atoms with E-state index >= 15 is 0 Å². The highest BCUT2D eigenvalue weighted by Crippen LogP contribution is 2.27. The molecule has 164 valence electrons. The molecule has 2 heterocycles. The Morgan fingerprint density at radius 1 is 1.15 bits per heavy atom. The van der Waals surface area contributed by atoms with Crippen LogP contribution in [0.1, 0.15) is 5.56 Å². The Kier molecular flexibility index (Phi) is 6.46. The Labute approximate surface area is 191 Å². The summed E-state index contributed by atoms with van der Waals surface area (Å²) in [7, 11) is 0. The molecular formula is C23H16N4O5S. The van der Waals surface area contributed by atoms with Crippen LogP contribution in [0, 0.1) is 10.1 Å². The van der Waals surface area contributed by atoms with E-state index in [2.05, 4.69) is 15.3 Å². The van der Waals surface area contributed by atoms with Crippen molar-refractivity contribution in [2.75, 3.05) is 11.9 Å². The smallest absolute Gasteiger partial charge is 0.331 e. The maximum absolute atomic E-state index is 12.1. The lowest BCUT2D eigenvalue weighted by molar-refractivity contribution is -0.384. The van der Waals surface area contributed by atoms with Gasteiger partial charge in [-0.2, -0.15) is 0 Å². The number of nitro groups is 1. The first-order valence-corrected chi connectivity index (χ1v) is 10.6. The van der Waals surface area contributed by atoms with Gasteiger partial charge in [-0.05, 0) is 12.1 Å². The second kappa shape index (κ2) is 9.79. The summed E-state index contributed by atoms with van der Waals surface area (Å²) in [6.45, 7) is -0.483. The van der Waals surface area contributed by atoms with E-state index in [0.717, 1.165) is 27.8 Å². The van der Waals surface area contributed by atoms with Gasteiger partial charge in [0, 0.05) is 46.3 Å². The van der Waals surface area contributed by atoms with Crippen molar-refractivity contribution in [2.24, 2.45) is 0 Å². The van der Waals surface area contributed by atoms with Crippen molar-refractivity contribution in [3.8, 4) is 11.3 Å². The fraction of sp³-hybridized carbons (Fsp3) is 0.0435. The SMILES string of the molecule is O=C(COC(=O)/C=C/c1cccc2cccnc12)Nc1nc(-c2cccc([N+](=O)[O-])c2)cs1. The van der Waals surface area contributed by atoms with Crippen LogP contribution < -0.4 is 5.32 Å². The van der Waals surface area contributed by atoms with Crippen molar-refractivity contribution >= 4 is 51.0 Å². The van der Waals surface area contributed by atoms with Gasteiger partial charge in [0.15, 0.2) is 11.7 Å². The number of benzene rings is 2. The Hall–Kier alpha value is -4.44. The molecule has 9 nitrogen and oxygen atoms in total. The maximum atomic E-state index is 12.1. The Morgan fingerprint density at radius 3 is 2.82 bits per heavy atom. The van der Waals surface area contributed by atoms with Crippen molar-refractivity contribution in [3.05, 3.63) is 87.9 Å². The number of pyridine rings is 1. The topological polar surface area (TPSA) is 124 Å². The van der Waals surface area contributed by atoms with Gasteiger partial charge in [-0.25, -0.2) is 9.78 Å². The lowest BCUT2D eigenvalue weighted by atomic mass is 10.1. The van der Waals surface area contributed by atoms with Crippen LogP contribution in [0.2, 0.25) is 0 Å². The standard InChI is InChI=1S/C23H16N4O5S/c28-20(26-23-25-19(14-33-23)17-6-2-8-18(12-17)27(30)31)13-32-21(29)10-9-16-5-1-4-15-7-3-11-24-22(15)16/h1-12,14H,13H2,(H,25,26,28)/b10-9+. The second-order valence-electron chi connectivity index (χ2n) is 6.76. The van der Waals surface area contributed by atoms with E-state index in [1.807, 2.05) is 30.3 Å². The van der Waals surface area contributed by atoms with E-state index in [1.54, 1.807) is 29.8 Å². The lowest BCUT2D eigenvalue weighted by Gasteiger charge is -2.03. The minimum Gasteiger partial charge on any atom is -0.452 e. The monoisotopic (exact) mass is 460 g/mol. The summed E-state index contributed by atoms with van der Waals surface area (Å²) in [6, 6.07) is 15.4. The fourth-order valence-electron chi connectivity index (χ4n) is 3.00. The van der Waals surface area contributed by atoms with Crippen molar-refractivity contribution < 1.29 is 19.2 Å². The summed E-state index contributed by atoms with van der Waals surface area (Å²) in [5.74, 6) is -1.22. The third-order valence-corrected chi connectivity index (χ3v) is 5.27. The van der Waals surface area contributed by atoms with Crippen molar-refractivity contribution in [1.82, 2.24) is 9.97 Å². The lowest BCUT2D eigenvalue weighted by Crippen LogP contribution is -2.20. The predicted molar refractivity (Wildman–Crippen MR) is 125 cm³/mol. The van der Waals surface area contributed by atoms with Gasteiger partial charge in [0.2, 0.25) is 0 Å². The molecule has 0 fully saturated rings. The number of carbonyl (C=O) groups is 2. The van der Waals surface area contributed by atoms with Gasteiger partial charge in [0.25, 0.3) is 11.6 Å². The number of carbonyl (C=O) groups excluding carboxylic acids is 2. The number of nitrogens with zero attached hydrogens (tertiary/aromatic N) is 3.